The zero-order valence-corrected chi connectivity index (χ0v) is 5.66. The van der Waals surface area contributed by atoms with E-state index in [9.17, 15) is 4.48 Å². The molecule has 1 rings (SSSR count). The van der Waals surface area contributed by atoms with Crippen molar-refractivity contribution in [1.29, 1.82) is 5.26 Å². The predicted octanol–water partition coefficient (Wildman–Crippen LogP) is 1.12. The number of anilines is 1. The first kappa shape index (κ1) is 7.51. The molecule has 0 aliphatic rings. The van der Waals surface area contributed by atoms with E-state index in [0.29, 0.717) is 0 Å². The lowest BCUT2D eigenvalue weighted by atomic mass is 10.2. The molecule has 0 aliphatic carbocycles. The van der Waals surface area contributed by atoms with Crippen LogP contribution in [0.1, 0.15) is 5.56 Å². The Morgan fingerprint density at radius 2 is 2.09 bits per heavy atom. The number of benzene rings is 1. The van der Waals surface area contributed by atoms with Gasteiger partial charge in [0.25, 0.3) is 0 Å². The highest BCUT2D eigenvalue weighted by Crippen LogP contribution is 2.16. The van der Waals surface area contributed by atoms with Crippen molar-refractivity contribution in [3.63, 3.8) is 0 Å². The molecule has 0 spiro atoms. The van der Waals surface area contributed by atoms with Crippen LogP contribution >= 0.6 is 0 Å². The van der Waals surface area contributed by atoms with Gasteiger partial charge in [-0.05, 0) is 12.1 Å². The van der Waals surface area contributed by atoms with Crippen LogP contribution in [0, 0.1) is 11.3 Å². The molecule has 0 saturated carbocycles. The highest BCUT2D eigenvalue weighted by molar-refractivity contribution is 5.56. The summed E-state index contributed by atoms with van der Waals surface area (Å²) in [4.78, 5) is 0. The molecular formula is C7H6FN3. The number of nitrogens with two attached hydrogens (primary N) is 1. The van der Waals surface area contributed by atoms with Crippen LogP contribution < -0.4 is 11.1 Å². The van der Waals surface area contributed by atoms with E-state index >= 15 is 0 Å². The number of hydrogen-bond acceptors (Lipinski definition) is 3. The van der Waals surface area contributed by atoms with Gasteiger partial charge < -0.3 is 0 Å². The molecule has 0 heterocycles. The molecule has 1 aromatic carbocycles. The van der Waals surface area contributed by atoms with E-state index in [2.05, 4.69) is 0 Å². The molecule has 0 saturated heterocycles. The lowest BCUT2D eigenvalue weighted by Gasteiger charge is -2.06. The first-order valence-electron chi connectivity index (χ1n) is 2.95. The molecule has 0 amide bonds. The van der Waals surface area contributed by atoms with Crippen LogP contribution in [0.4, 0.5) is 10.2 Å². The average Bonchev–Trinajstić information content (AvgIpc) is 2.04. The Bertz CT molecular complexity index is 290. The van der Waals surface area contributed by atoms with Crippen LogP contribution in [0.15, 0.2) is 24.3 Å². The van der Waals surface area contributed by atoms with Gasteiger partial charge in [0, 0.05) is 0 Å². The van der Waals surface area contributed by atoms with Gasteiger partial charge in [-0.25, -0.2) is 5.84 Å². The van der Waals surface area contributed by atoms with E-state index in [0.717, 1.165) is 0 Å². The molecule has 0 unspecified atom stereocenters. The number of nitrogens with zero attached hydrogens (tertiary/aromatic N) is 2. The summed E-state index contributed by atoms with van der Waals surface area (Å²) in [6.07, 6.45) is 0. The van der Waals surface area contributed by atoms with Crippen molar-refractivity contribution >= 4 is 5.69 Å². The van der Waals surface area contributed by atoms with E-state index in [1.807, 2.05) is 6.07 Å². The number of rotatable bonds is 1. The quantitative estimate of drug-likeness (QED) is 0.371. The maximum Gasteiger partial charge on any atom is 0.105 e. The van der Waals surface area contributed by atoms with Crippen LogP contribution in [0.25, 0.3) is 0 Å². The zero-order valence-electron chi connectivity index (χ0n) is 5.66. The summed E-state index contributed by atoms with van der Waals surface area (Å²) in [5, 5.41) is 8.40. The number of halogens is 1. The molecule has 0 aliphatic heterocycles. The Hall–Kier alpha value is -1.60. The maximum atomic E-state index is 12.3. The molecule has 0 radical (unpaired) electrons. The molecule has 56 valence electrons. The molecule has 1 aromatic rings. The summed E-state index contributed by atoms with van der Waals surface area (Å²) in [6, 6.07) is 7.99. The largest absolute Gasteiger partial charge is 0.218 e. The van der Waals surface area contributed by atoms with Crippen LogP contribution in [0.3, 0.4) is 0 Å². The van der Waals surface area contributed by atoms with Crippen LogP contribution in [-0.2, 0) is 0 Å². The van der Waals surface area contributed by atoms with Crippen molar-refractivity contribution in [3.05, 3.63) is 29.8 Å². The van der Waals surface area contributed by atoms with E-state index in [1.165, 1.54) is 12.1 Å². The first-order chi connectivity index (χ1) is 5.25. The van der Waals surface area contributed by atoms with Gasteiger partial charge in [0.05, 0.1) is 5.56 Å². The van der Waals surface area contributed by atoms with Crippen LogP contribution in [0.5, 0.6) is 0 Å². The number of hydrazine groups is 1. The van der Waals surface area contributed by atoms with Gasteiger partial charge in [0.1, 0.15) is 11.8 Å². The minimum atomic E-state index is -0.0709. The topological polar surface area (TPSA) is 53.0 Å². The SMILES string of the molecule is N#Cc1ccccc1N(N)F. The second kappa shape index (κ2) is 2.99. The van der Waals surface area contributed by atoms with Crippen molar-refractivity contribution in [2.45, 2.75) is 0 Å². The van der Waals surface area contributed by atoms with E-state index < -0.39 is 0 Å². The van der Waals surface area contributed by atoms with Crippen molar-refractivity contribution in [2.75, 3.05) is 5.23 Å². The highest BCUT2D eigenvalue weighted by Gasteiger charge is 2.04. The second-order valence-corrected chi connectivity index (χ2v) is 1.94. The van der Waals surface area contributed by atoms with Crippen molar-refractivity contribution in [1.82, 2.24) is 0 Å². The summed E-state index contributed by atoms with van der Waals surface area (Å²) in [5.74, 6) is 4.81. The van der Waals surface area contributed by atoms with Gasteiger partial charge in [0.15, 0.2) is 0 Å². The lowest BCUT2D eigenvalue weighted by Crippen LogP contribution is -2.20. The van der Waals surface area contributed by atoms with Crippen molar-refractivity contribution < 1.29 is 4.48 Å². The number of para-hydroxylation sites is 1. The Morgan fingerprint density at radius 3 is 2.55 bits per heavy atom. The second-order valence-electron chi connectivity index (χ2n) is 1.94. The fourth-order valence-electron chi connectivity index (χ4n) is 0.754. The van der Waals surface area contributed by atoms with Gasteiger partial charge in [-0.1, -0.05) is 16.6 Å². The van der Waals surface area contributed by atoms with Gasteiger partial charge in [-0.2, -0.15) is 5.26 Å². The number of hydrogen-bond donors (Lipinski definition) is 1. The minimum absolute atomic E-state index is 0.0709. The molecule has 0 atom stereocenters. The Morgan fingerprint density at radius 1 is 1.45 bits per heavy atom. The molecular weight excluding hydrogens is 145 g/mol. The fourth-order valence-corrected chi connectivity index (χ4v) is 0.754. The van der Waals surface area contributed by atoms with Gasteiger partial charge in [-0.15, -0.1) is 5.23 Å². The average molecular weight is 151 g/mol. The van der Waals surface area contributed by atoms with E-state index in [-0.39, 0.29) is 16.5 Å². The molecule has 0 aromatic heterocycles. The Labute approximate surface area is 63.4 Å². The predicted molar refractivity (Wildman–Crippen MR) is 38.9 cm³/mol. The van der Waals surface area contributed by atoms with Gasteiger partial charge in [0.2, 0.25) is 0 Å². The molecule has 11 heavy (non-hydrogen) atoms. The van der Waals surface area contributed by atoms with E-state index in [4.69, 9.17) is 11.1 Å². The standard InChI is InChI=1S/C7H6FN3/c8-11(10)7-4-2-1-3-6(7)5-9/h1-4H,10H2. The Balaban J connectivity index is 3.15. The zero-order chi connectivity index (χ0) is 8.27. The molecule has 0 bridgehead atoms. The molecule has 3 nitrogen and oxygen atoms in total. The maximum absolute atomic E-state index is 12.3. The summed E-state index contributed by atoms with van der Waals surface area (Å²) >= 11 is 0. The smallest absolute Gasteiger partial charge is 0.105 e. The summed E-state index contributed by atoms with van der Waals surface area (Å²) in [7, 11) is 0. The third-order valence-corrected chi connectivity index (χ3v) is 1.25. The monoisotopic (exact) mass is 151 g/mol. The first-order valence-corrected chi connectivity index (χ1v) is 2.95. The van der Waals surface area contributed by atoms with Gasteiger partial charge >= 0.3 is 0 Å². The molecule has 0 fully saturated rings. The van der Waals surface area contributed by atoms with E-state index in [1.54, 1.807) is 12.1 Å². The van der Waals surface area contributed by atoms with Crippen LogP contribution in [0.2, 0.25) is 0 Å². The highest BCUT2D eigenvalue weighted by atomic mass is 19.2. The molecule has 4 heteroatoms. The Kier molecular flexibility index (Phi) is 2.04. The van der Waals surface area contributed by atoms with Crippen LogP contribution in [-0.4, -0.2) is 0 Å². The number of nitriles is 1. The molecule has 2 N–H and O–H groups in total. The van der Waals surface area contributed by atoms with Crippen molar-refractivity contribution in [3.8, 4) is 6.07 Å². The van der Waals surface area contributed by atoms with Gasteiger partial charge in [-0.3, -0.25) is 0 Å². The summed E-state index contributed by atoms with van der Waals surface area (Å²) in [5.41, 5.74) is 0.299. The summed E-state index contributed by atoms with van der Waals surface area (Å²) < 4.78 is 12.3. The van der Waals surface area contributed by atoms with Crippen molar-refractivity contribution in [2.24, 2.45) is 5.84 Å². The fraction of sp³-hybridized carbons (Fsp3) is 0. The third-order valence-electron chi connectivity index (χ3n) is 1.25. The third kappa shape index (κ3) is 1.45. The normalized spacial score (nSPS) is 8.82. The summed E-state index contributed by atoms with van der Waals surface area (Å²) in [6.45, 7) is 0. The lowest BCUT2D eigenvalue weighted by molar-refractivity contribution is 0.444. The minimum Gasteiger partial charge on any atom is -0.218 e.